The van der Waals surface area contributed by atoms with Gasteiger partial charge >= 0.3 is 0 Å². The van der Waals surface area contributed by atoms with E-state index in [1.807, 2.05) is 0 Å². The molecular weight excluding hydrogens is 218 g/mol. The molecule has 0 aliphatic carbocycles. The summed E-state index contributed by atoms with van der Waals surface area (Å²) >= 11 is 0. The maximum atomic E-state index is 6.11. The molecule has 2 rings (SSSR count). The van der Waals surface area contributed by atoms with Crippen molar-refractivity contribution >= 4 is 0 Å². The standard InChI is InChI=1S/C17H21N/c1-4-17(18)15-9-6-8-14(11-15)16-10-5-7-12(2)13(16)3/h5-11,17H,4,18H2,1-3H3. The summed E-state index contributed by atoms with van der Waals surface area (Å²) in [5.74, 6) is 0. The Morgan fingerprint density at radius 2 is 1.78 bits per heavy atom. The van der Waals surface area contributed by atoms with Gasteiger partial charge in [0.2, 0.25) is 0 Å². The van der Waals surface area contributed by atoms with E-state index in [4.69, 9.17) is 5.73 Å². The Balaban J connectivity index is 2.48. The molecular formula is C17H21N. The van der Waals surface area contributed by atoms with Gasteiger partial charge in [0, 0.05) is 6.04 Å². The molecule has 0 fully saturated rings. The summed E-state index contributed by atoms with van der Waals surface area (Å²) < 4.78 is 0. The predicted molar refractivity (Wildman–Crippen MR) is 78.6 cm³/mol. The average molecular weight is 239 g/mol. The van der Waals surface area contributed by atoms with Crippen LogP contribution in [-0.2, 0) is 0 Å². The third kappa shape index (κ3) is 2.46. The van der Waals surface area contributed by atoms with Crippen LogP contribution in [0.5, 0.6) is 0 Å². The Labute approximate surface area is 110 Å². The topological polar surface area (TPSA) is 26.0 Å². The third-order valence-corrected chi connectivity index (χ3v) is 3.67. The number of hydrogen-bond acceptors (Lipinski definition) is 1. The van der Waals surface area contributed by atoms with Crippen molar-refractivity contribution in [3.63, 3.8) is 0 Å². The Hall–Kier alpha value is -1.60. The van der Waals surface area contributed by atoms with E-state index in [-0.39, 0.29) is 6.04 Å². The van der Waals surface area contributed by atoms with Crippen LogP contribution in [-0.4, -0.2) is 0 Å². The van der Waals surface area contributed by atoms with Gasteiger partial charge in [-0.3, -0.25) is 0 Å². The lowest BCUT2D eigenvalue weighted by atomic mass is 9.94. The van der Waals surface area contributed by atoms with Gasteiger partial charge in [-0.2, -0.15) is 0 Å². The summed E-state index contributed by atoms with van der Waals surface area (Å²) in [6.45, 7) is 6.45. The first kappa shape index (κ1) is 12.8. The lowest BCUT2D eigenvalue weighted by Gasteiger charge is -2.13. The van der Waals surface area contributed by atoms with Crippen molar-refractivity contribution in [3.8, 4) is 11.1 Å². The van der Waals surface area contributed by atoms with Gasteiger partial charge < -0.3 is 5.73 Å². The van der Waals surface area contributed by atoms with Crippen LogP contribution in [0.4, 0.5) is 0 Å². The molecule has 0 spiro atoms. The van der Waals surface area contributed by atoms with Crippen LogP contribution in [0.25, 0.3) is 11.1 Å². The first-order valence-corrected chi connectivity index (χ1v) is 6.55. The average Bonchev–Trinajstić information content (AvgIpc) is 2.41. The molecule has 1 atom stereocenters. The lowest BCUT2D eigenvalue weighted by Crippen LogP contribution is -2.08. The molecule has 0 aliphatic rings. The molecule has 0 radical (unpaired) electrons. The monoisotopic (exact) mass is 239 g/mol. The zero-order valence-corrected chi connectivity index (χ0v) is 11.4. The molecule has 2 N–H and O–H groups in total. The van der Waals surface area contributed by atoms with E-state index in [1.54, 1.807) is 0 Å². The summed E-state index contributed by atoms with van der Waals surface area (Å²) in [4.78, 5) is 0. The molecule has 2 aromatic carbocycles. The minimum absolute atomic E-state index is 0.134. The highest BCUT2D eigenvalue weighted by Crippen LogP contribution is 2.27. The first-order valence-electron chi connectivity index (χ1n) is 6.55. The van der Waals surface area contributed by atoms with E-state index in [0.717, 1.165) is 6.42 Å². The lowest BCUT2D eigenvalue weighted by molar-refractivity contribution is 0.699. The highest BCUT2D eigenvalue weighted by atomic mass is 14.6. The molecule has 2 aromatic rings. The van der Waals surface area contributed by atoms with Crippen molar-refractivity contribution < 1.29 is 0 Å². The summed E-state index contributed by atoms with van der Waals surface area (Å²) in [7, 11) is 0. The summed E-state index contributed by atoms with van der Waals surface area (Å²) in [5.41, 5.74) is 12.6. The molecule has 0 saturated heterocycles. The molecule has 0 bridgehead atoms. The zero-order chi connectivity index (χ0) is 13.1. The zero-order valence-electron chi connectivity index (χ0n) is 11.4. The van der Waals surface area contributed by atoms with Crippen LogP contribution in [0.3, 0.4) is 0 Å². The Morgan fingerprint density at radius 1 is 1.06 bits per heavy atom. The number of nitrogens with two attached hydrogens (primary N) is 1. The second-order valence-electron chi connectivity index (χ2n) is 4.89. The van der Waals surface area contributed by atoms with E-state index < -0.39 is 0 Å². The molecule has 0 aliphatic heterocycles. The van der Waals surface area contributed by atoms with Gasteiger partial charge in [0.15, 0.2) is 0 Å². The molecule has 0 heterocycles. The smallest absolute Gasteiger partial charge is 0.0292 e. The van der Waals surface area contributed by atoms with Crippen LogP contribution in [0.2, 0.25) is 0 Å². The van der Waals surface area contributed by atoms with Gasteiger partial charge in [0.25, 0.3) is 0 Å². The van der Waals surface area contributed by atoms with E-state index in [1.165, 1.54) is 27.8 Å². The van der Waals surface area contributed by atoms with E-state index in [0.29, 0.717) is 0 Å². The minimum Gasteiger partial charge on any atom is -0.324 e. The number of benzene rings is 2. The third-order valence-electron chi connectivity index (χ3n) is 3.67. The maximum absolute atomic E-state index is 6.11. The van der Waals surface area contributed by atoms with Crippen LogP contribution < -0.4 is 5.73 Å². The highest BCUT2D eigenvalue weighted by molar-refractivity contribution is 5.69. The fourth-order valence-electron chi connectivity index (χ4n) is 2.24. The molecule has 0 amide bonds. The molecule has 1 heteroatoms. The van der Waals surface area contributed by atoms with Crippen LogP contribution in [0.1, 0.15) is 36.1 Å². The van der Waals surface area contributed by atoms with Gasteiger partial charge in [0.1, 0.15) is 0 Å². The Bertz CT molecular complexity index is 543. The summed E-state index contributed by atoms with van der Waals surface area (Å²) in [5, 5.41) is 0. The predicted octanol–water partition coefficient (Wildman–Crippen LogP) is 4.38. The van der Waals surface area contributed by atoms with Crippen LogP contribution in [0.15, 0.2) is 42.5 Å². The maximum Gasteiger partial charge on any atom is 0.0292 e. The van der Waals surface area contributed by atoms with Crippen molar-refractivity contribution in [1.82, 2.24) is 0 Å². The van der Waals surface area contributed by atoms with Crippen LogP contribution >= 0.6 is 0 Å². The van der Waals surface area contributed by atoms with E-state index >= 15 is 0 Å². The minimum atomic E-state index is 0.134. The van der Waals surface area contributed by atoms with Gasteiger partial charge in [-0.1, -0.05) is 43.3 Å². The molecule has 1 unspecified atom stereocenters. The largest absolute Gasteiger partial charge is 0.324 e. The normalized spacial score (nSPS) is 12.4. The second-order valence-corrected chi connectivity index (χ2v) is 4.89. The van der Waals surface area contributed by atoms with Crippen molar-refractivity contribution in [3.05, 3.63) is 59.2 Å². The Kier molecular flexibility index (Phi) is 3.83. The van der Waals surface area contributed by atoms with E-state index in [9.17, 15) is 0 Å². The molecule has 18 heavy (non-hydrogen) atoms. The van der Waals surface area contributed by atoms with Crippen molar-refractivity contribution in [1.29, 1.82) is 0 Å². The SMILES string of the molecule is CCC(N)c1cccc(-c2cccc(C)c2C)c1. The first-order chi connectivity index (χ1) is 8.63. The molecule has 1 nitrogen and oxygen atoms in total. The molecule has 0 aromatic heterocycles. The number of rotatable bonds is 3. The molecule has 0 saturated carbocycles. The van der Waals surface area contributed by atoms with Gasteiger partial charge in [-0.25, -0.2) is 0 Å². The fraction of sp³-hybridized carbons (Fsp3) is 0.294. The summed E-state index contributed by atoms with van der Waals surface area (Å²) in [6.07, 6.45) is 0.969. The van der Waals surface area contributed by atoms with Crippen molar-refractivity contribution in [2.24, 2.45) is 5.73 Å². The summed E-state index contributed by atoms with van der Waals surface area (Å²) in [6, 6.07) is 15.2. The molecule has 94 valence electrons. The van der Waals surface area contributed by atoms with E-state index in [2.05, 4.69) is 63.2 Å². The van der Waals surface area contributed by atoms with Gasteiger partial charge in [-0.05, 0) is 54.2 Å². The van der Waals surface area contributed by atoms with Gasteiger partial charge in [0.05, 0.1) is 0 Å². The second kappa shape index (κ2) is 5.36. The van der Waals surface area contributed by atoms with Crippen molar-refractivity contribution in [2.45, 2.75) is 33.2 Å². The number of aryl methyl sites for hydroxylation is 1. The van der Waals surface area contributed by atoms with Crippen molar-refractivity contribution in [2.75, 3.05) is 0 Å². The fourth-order valence-corrected chi connectivity index (χ4v) is 2.24. The highest BCUT2D eigenvalue weighted by Gasteiger charge is 2.07. The van der Waals surface area contributed by atoms with Gasteiger partial charge in [-0.15, -0.1) is 0 Å². The quantitative estimate of drug-likeness (QED) is 0.845. The van der Waals surface area contributed by atoms with Crippen LogP contribution in [0, 0.1) is 13.8 Å². The Morgan fingerprint density at radius 3 is 2.50 bits per heavy atom. The number of hydrogen-bond donors (Lipinski definition) is 1.